The number of amides is 1. The Hall–Kier alpha value is -2.27. The molecule has 1 aliphatic rings. The summed E-state index contributed by atoms with van der Waals surface area (Å²) in [7, 11) is -4.11. The van der Waals surface area contributed by atoms with Gasteiger partial charge in [0.1, 0.15) is 5.82 Å². The highest BCUT2D eigenvalue weighted by Crippen LogP contribution is 2.28. The summed E-state index contributed by atoms with van der Waals surface area (Å²) in [5.74, 6) is -1.07. The van der Waals surface area contributed by atoms with Gasteiger partial charge < -0.3 is 10.2 Å². The van der Waals surface area contributed by atoms with E-state index in [-0.39, 0.29) is 15.2 Å². The van der Waals surface area contributed by atoms with Crippen LogP contribution in [0.4, 0.5) is 20.9 Å². The van der Waals surface area contributed by atoms with Gasteiger partial charge in [-0.2, -0.15) is 8.42 Å². The number of nitrogens with one attached hydrogen (secondary N) is 2. The van der Waals surface area contributed by atoms with Crippen LogP contribution in [0.3, 0.4) is 0 Å². The van der Waals surface area contributed by atoms with Crippen LogP contribution < -0.4 is 14.9 Å². The smallest absolute Gasteiger partial charge is 0.291 e. The summed E-state index contributed by atoms with van der Waals surface area (Å²) in [6.07, 6.45) is 2.10. The lowest BCUT2D eigenvalue weighted by Crippen LogP contribution is -2.19. The molecule has 25 heavy (non-hydrogen) atoms. The number of rotatable bonds is 5. The van der Waals surface area contributed by atoms with Crippen LogP contribution in [0.5, 0.6) is 0 Å². The fourth-order valence-corrected chi connectivity index (χ4v) is 4.48. The van der Waals surface area contributed by atoms with Crippen LogP contribution in [0.2, 0.25) is 0 Å². The number of anilines is 3. The second-order valence-corrected chi connectivity index (χ2v) is 8.35. The highest BCUT2D eigenvalue weighted by Gasteiger charge is 2.23. The first-order valence-corrected chi connectivity index (χ1v) is 9.83. The fraction of sp³-hybridized carbons (Fsp3) is 0.357. The highest BCUT2D eigenvalue weighted by molar-refractivity contribution is 7.94. The molecule has 8 nitrogen and oxygen atoms in total. The summed E-state index contributed by atoms with van der Waals surface area (Å²) >= 11 is 0.685. The van der Waals surface area contributed by atoms with Crippen molar-refractivity contribution in [1.82, 2.24) is 10.2 Å². The van der Waals surface area contributed by atoms with E-state index in [9.17, 15) is 17.6 Å². The van der Waals surface area contributed by atoms with Crippen LogP contribution in [0, 0.1) is 5.82 Å². The number of aromatic nitrogens is 2. The van der Waals surface area contributed by atoms with Gasteiger partial charge in [-0.3, -0.25) is 9.52 Å². The van der Waals surface area contributed by atoms with Crippen molar-refractivity contribution < 1.29 is 17.6 Å². The lowest BCUT2D eigenvalue weighted by molar-refractivity contribution is -0.114. The zero-order chi connectivity index (χ0) is 18.0. The largest absolute Gasteiger partial charge is 0.371 e. The number of sulfonamides is 1. The molecule has 1 aromatic heterocycles. The van der Waals surface area contributed by atoms with Crippen LogP contribution in [0.15, 0.2) is 22.5 Å². The van der Waals surface area contributed by atoms with E-state index < -0.39 is 21.7 Å². The standard InChI is InChI=1S/C14H16FN5O3S2/c1-9(21)16-13-17-18-14(24-13)25(22,23)19-12-8-10(4-5-11(12)15)20-6-2-3-7-20/h4-5,8,19H,2-3,6-7H2,1H3,(H,16,17,21). The maximum atomic E-state index is 14.0. The van der Waals surface area contributed by atoms with Gasteiger partial charge in [0.25, 0.3) is 14.4 Å². The number of nitrogens with zero attached hydrogens (tertiary/aromatic N) is 3. The summed E-state index contributed by atoms with van der Waals surface area (Å²) in [5, 5.41) is 9.53. The third-order valence-electron chi connectivity index (χ3n) is 3.58. The fourth-order valence-electron chi connectivity index (χ4n) is 2.47. The number of hydrogen-bond donors (Lipinski definition) is 2. The molecule has 1 aliphatic heterocycles. The molecule has 2 N–H and O–H groups in total. The van der Waals surface area contributed by atoms with Gasteiger partial charge in [0.05, 0.1) is 5.69 Å². The monoisotopic (exact) mass is 385 g/mol. The van der Waals surface area contributed by atoms with Gasteiger partial charge in [0, 0.05) is 25.7 Å². The first-order chi connectivity index (χ1) is 11.8. The van der Waals surface area contributed by atoms with E-state index in [2.05, 4.69) is 25.1 Å². The van der Waals surface area contributed by atoms with Crippen LogP contribution in [0.25, 0.3) is 0 Å². The van der Waals surface area contributed by atoms with Crippen LogP contribution >= 0.6 is 11.3 Å². The van der Waals surface area contributed by atoms with Crippen molar-refractivity contribution in [3.8, 4) is 0 Å². The van der Waals surface area contributed by atoms with Crippen molar-refractivity contribution in [3.05, 3.63) is 24.0 Å². The average molecular weight is 385 g/mol. The van der Waals surface area contributed by atoms with Gasteiger partial charge in [0.2, 0.25) is 11.0 Å². The normalized spacial score (nSPS) is 14.6. The van der Waals surface area contributed by atoms with Crippen LogP contribution in [-0.4, -0.2) is 37.6 Å². The summed E-state index contributed by atoms with van der Waals surface area (Å²) in [5.41, 5.74) is 0.605. The van der Waals surface area contributed by atoms with E-state index in [0.717, 1.165) is 31.6 Å². The Morgan fingerprint density at radius 1 is 1.28 bits per heavy atom. The first kappa shape index (κ1) is 17.5. The van der Waals surface area contributed by atoms with Crippen molar-refractivity contribution >= 4 is 43.8 Å². The Morgan fingerprint density at radius 2 is 2.00 bits per heavy atom. The van der Waals surface area contributed by atoms with Crippen LogP contribution in [0.1, 0.15) is 19.8 Å². The molecule has 1 amide bonds. The maximum Gasteiger partial charge on any atom is 0.291 e. The SMILES string of the molecule is CC(=O)Nc1nnc(S(=O)(=O)Nc2cc(N3CCCC3)ccc2F)s1. The lowest BCUT2D eigenvalue weighted by Gasteiger charge is -2.18. The lowest BCUT2D eigenvalue weighted by atomic mass is 10.2. The van der Waals surface area contributed by atoms with E-state index in [1.54, 1.807) is 6.07 Å². The van der Waals surface area contributed by atoms with Gasteiger partial charge in [-0.15, -0.1) is 10.2 Å². The minimum atomic E-state index is -4.11. The van der Waals surface area contributed by atoms with Gasteiger partial charge >= 0.3 is 0 Å². The number of carbonyl (C=O) groups is 1. The van der Waals surface area contributed by atoms with Gasteiger partial charge in [0.15, 0.2) is 0 Å². The minimum absolute atomic E-state index is 0.0548. The molecule has 134 valence electrons. The first-order valence-electron chi connectivity index (χ1n) is 7.53. The predicted molar refractivity (Wildman–Crippen MR) is 92.9 cm³/mol. The molecular weight excluding hydrogens is 369 g/mol. The quantitative estimate of drug-likeness (QED) is 0.763. The third kappa shape index (κ3) is 4.04. The molecule has 0 bridgehead atoms. The molecule has 2 heterocycles. The average Bonchev–Trinajstić information content (AvgIpc) is 3.20. The molecule has 11 heteroatoms. The zero-order valence-electron chi connectivity index (χ0n) is 13.3. The molecule has 1 saturated heterocycles. The molecule has 0 atom stereocenters. The predicted octanol–water partition coefficient (Wildman–Crippen LogP) is 2.04. The van der Waals surface area contributed by atoms with Gasteiger partial charge in [-0.05, 0) is 31.0 Å². The molecule has 1 fully saturated rings. The number of hydrogen-bond acceptors (Lipinski definition) is 7. The summed E-state index contributed by atoms with van der Waals surface area (Å²) in [6, 6.07) is 4.32. The third-order valence-corrected chi connectivity index (χ3v) is 6.16. The van der Waals surface area contributed by atoms with Gasteiger partial charge in [-0.25, -0.2) is 4.39 Å². The Balaban J connectivity index is 1.83. The van der Waals surface area contributed by atoms with E-state index in [1.165, 1.54) is 19.1 Å². The number of halogens is 1. The van der Waals surface area contributed by atoms with Crippen LogP contribution in [-0.2, 0) is 14.8 Å². The number of carbonyl (C=O) groups excluding carboxylic acids is 1. The molecule has 2 aromatic rings. The highest BCUT2D eigenvalue weighted by atomic mass is 32.2. The molecule has 0 saturated carbocycles. The molecule has 0 unspecified atom stereocenters. The summed E-state index contributed by atoms with van der Waals surface area (Å²) in [4.78, 5) is 13.0. The Kier molecular flexibility index (Phi) is 4.86. The van der Waals surface area contributed by atoms with E-state index >= 15 is 0 Å². The minimum Gasteiger partial charge on any atom is -0.371 e. The molecule has 0 aliphatic carbocycles. The Labute approximate surface area is 148 Å². The molecule has 0 spiro atoms. The molecular formula is C14H16FN5O3S2. The topological polar surface area (TPSA) is 104 Å². The number of benzene rings is 1. The summed E-state index contributed by atoms with van der Waals surface area (Å²) < 4.78 is 40.7. The van der Waals surface area contributed by atoms with Crippen molar-refractivity contribution in [2.24, 2.45) is 0 Å². The zero-order valence-corrected chi connectivity index (χ0v) is 15.0. The molecule has 3 rings (SSSR count). The Bertz CT molecular complexity index is 894. The van der Waals surface area contributed by atoms with Gasteiger partial charge in [-0.1, -0.05) is 11.3 Å². The van der Waals surface area contributed by atoms with E-state index in [1.807, 2.05) is 0 Å². The molecule has 1 aromatic carbocycles. The van der Waals surface area contributed by atoms with Crippen molar-refractivity contribution in [1.29, 1.82) is 0 Å². The van der Waals surface area contributed by atoms with E-state index in [4.69, 9.17) is 0 Å². The maximum absolute atomic E-state index is 14.0. The second-order valence-electron chi connectivity index (χ2n) is 5.52. The molecule has 0 radical (unpaired) electrons. The Morgan fingerprint density at radius 3 is 2.68 bits per heavy atom. The summed E-state index contributed by atoms with van der Waals surface area (Å²) in [6.45, 7) is 2.98. The van der Waals surface area contributed by atoms with E-state index in [0.29, 0.717) is 11.3 Å². The second kappa shape index (κ2) is 6.92. The van der Waals surface area contributed by atoms with Crippen molar-refractivity contribution in [2.75, 3.05) is 28.0 Å². The van der Waals surface area contributed by atoms with Crippen molar-refractivity contribution in [3.63, 3.8) is 0 Å². The van der Waals surface area contributed by atoms with Crippen molar-refractivity contribution in [2.45, 2.75) is 24.1 Å².